The minimum atomic E-state index is 0. The van der Waals surface area contributed by atoms with Crippen LogP contribution >= 0.6 is 0 Å². The van der Waals surface area contributed by atoms with Gasteiger partial charge in [-0.1, -0.05) is 99.1 Å². The second-order valence-electron chi connectivity index (χ2n) is 12.9. The summed E-state index contributed by atoms with van der Waals surface area (Å²) in [4.78, 5) is 0. The molecule has 3 aromatic carbocycles. The van der Waals surface area contributed by atoms with E-state index in [2.05, 4.69) is 83.1 Å². The number of rotatable bonds is 1. The maximum Gasteiger partial charge on any atom is -0.172 e. The summed E-state index contributed by atoms with van der Waals surface area (Å²) < 4.78 is 1.51. The standard InChI is InChI=1S/C25H33.C8H8.C5H5.2ClH.Hf/c1-15-13-21-19-11-7-8-12-20(19)24-18-10-6-5-9-17(18)14-22(24)23(21)16(2)25(15,3)4;1-2-8-6-4-3-5-7-8;1-2-4-5-3-1;;;/h5-6,9-10,15,19-21,24H,7-8,11-14H2,1-4H3;3-7H,1H3;1-5H;2*1H;/q-1;;-1;;;+2/p-2. The molecule has 0 saturated heterocycles. The monoisotopic (exact) mass is 752 g/mol. The predicted molar refractivity (Wildman–Crippen MR) is 164 cm³/mol. The number of fused-ring (bicyclic) bond motifs is 7. The maximum absolute atomic E-state index is 2.51. The minimum absolute atomic E-state index is 0. The molecule has 5 unspecified atom stereocenters. The average molecular weight is 752 g/mol. The summed E-state index contributed by atoms with van der Waals surface area (Å²) in [6, 6.07) is 29.9. The fourth-order valence-corrected chi connectivity index (χ4v) is 8.62. The number of halogens is 2. The summed E-state index contributed by atoms with van der Waals surface area (Å²) in [6.07, 6.45) is 8.52. The molecule has 41 heavy (non-hydrogen) atoms. The summed E-state index contributed by atoms with van der Waals surface area (Å²) in [6.45, 7) is 12.2. The van der Waals surface area contributed by atoms with Gasteiger partial charge in [-0.15, -0.1) is 6.92 Å². The van der Waals surface area contributed by atoms with Gasteiger partial charge in [0.15, 0.2) is 0 Å². The molecule has 0 aliphatic heterocycles. The zero-order valence-corrected chi connectivity index (χ0v) is 30.6. The quantitative estimate of drug-likeness (QED) is 0.262. The third kappa shape index (κ3) is 7.11. The van der Waals surface area contributed by atoms with E-state index in [9.17, 15) is 0 Å². The van der Waals surface area contributed by atoms with Gasteiger partial charge in [0.25, 0.3) is 0 Å². The van der Waals surface area contributed by atoms with Crippen molar-refractivity contribution in [1.29, 1.82) is 0 Å². The topological polar surface area (TPSA) is 0 Å². The van der Waals surface area contributed by atoms with Crippen LogP contribution in [0.25, 0.3) is 0 Å². The first-order chi connectivity index (χ1) is 18.8. The number of allylic oxidation sites excluding steroid dienone is 2. The molecular formula is C38H46Cl2Hf-2. The van der Waals surface area contributed by atoms with Crippen molar-refractivity contribution >= 4 is 3.26 Å². The Morgan fingerprint density at radius 1 is 0.878 bits per heavy atom. The second-order valence-corrected chi connectivity index (χ2v) is 15.6. The van der Waals surface area contributed by atoms with Gasteiger partial charge >= 0.3 is 70.0 Å². The van der Waals surface area contributed by atoms with E-state index in [-0.39, 0.29) is 24.8 Å². The van der Waals surface area contributed by atoms with Gasteiger partial charge in [-0.2, -0.15) is 18.2 Å². The largest absolute Gasteiger partial charge is 1.00 e. The van der Waals surface area contributed by atoms with Crippen LogP contribution in [0.4, 0.5) is 0 Å². The van der Waals surface area contributed by atoms with E-state index in [1.165, 1.54) is 71.2 Å². The minimum Gasteiger partial charge on any atom is -1.00 e. The Morgan fingerprint density at radius 3 is 2.07 bits per heavy atom. The first kappa shape index (κ1) is 34.2. The van der Waals surface area contributed by atoms with Gasteiger partial charge < -0.3 is 24.8 Å². The van der Waals surface area contributed by atoms with Gasteiger partial charge in [0, 0.05) is 0 Å². The first-order valence-electron chi connectivity index (χ1n) is 15.2. The van der Waals surface area contributed by atoms with E-state index in [1.807, 2.05) is 47.5 Å². The number of benzene rings is 2. The Morgan fingerprint density at radius 2 is 1.49 bits per heavy atom. The summed E-state index contributed by atoms with van der Waals surface area (Å²) in [7, 11) is 0. The second kappa shape index (κ2) is 14.9. The van der Waals surface area contributed by atoms with Crippen LogP contribution in [0.3, 0.4) is 0 Å². The van der Waals surface area contributed by atoms with Crippen LogP contribution < -0.4 is 24.8 Å². The van der Waals surface area contributed by atoms with Crippen LogP contribution in [0.1, 0.15) is 89.3 Å². The Hall–Kier alpha value is -1.28. The Labute approximate surface area is 277 Å². The van der Waals surface area contributed by atoms with Crippen molar-refractivity contribution in [3.63, 3.8) is 0 Å². The third-order valence-corrected chi connectivity index (χ3v) is 11.7. The SMILES string of the molecule is C[C-]1C2=C3Cc4ccccc4C3C3CCCCC3C2CC(C)C1(C)C.C[C](=[Hf+2])c1ccccc1.[Cl-].[Cl-].c1cc[cH-]c1. The van der Waals surface area contributed by atoms with Crippen LogP contribution in [0.5, 0.6) is 0 Å². The van der Waals surface area contributed by atoms with Crippen molar-refractivity contribution in [2.24, 2.45) is 29.1 Å². The first-order valence-corrected chi connectivity index (χ1v) is 17.0. The fraction of sp³-hybridized carbons (Fsp3) is 0.447. The van der Waals surface area contributed by atoms with Crippen molar-refractivity contribution < 1.29 is 48.7 Å². The van der Waals surface area contributed by atoms with E-state index in [0.29, 0.717) is 5.41 Å². The van der Waals surface area contributed by atoms with Crippen LogP contribution in [0.15, 0.2) is 96.1 Å². The summed E-state index contributed by atoms with van der Waals surface area (Å²) in [5, 5.41) is 0. The number of hydrogen-bond donors (Lipinski definition) is 0. The molecule has 0 spiro atoms. The molecule has 4 aliphatic carbocycles. The van der Waals surface area contributed by atoms with Crippen molar-refractivity contribution in [2.75, 3.05) is 0 Å². The molecule has 7 rings (SSSR count). The molecule has 0 bridgehead atoms. The zero-order valence-electron chi connectivity index (χ0n) is 25.5. The van der Waals surface area contributed by atoms with Gasteiger partial charge in [0.1, 0.15) is 0 Å². The molecule has 0 nitrogen and oxygen atoms in total. The van der Waals surface area contributed by atoms with E-state index < -0.39 is 0 Å². The molecule has 0 radical (unpaired) electrons. The molecule has 0 N–H and O–H groups in total. The van der Waals surface area contributed by atoms with Gasteiger partial charge in [0.2, 0.25) is 0 Å². The summed E-state index contributed by atoms with van der Waals surface area (Å²) in [5.74, 6) is 6.00. The molecule has 2 fully saturated rings. The van der Waals surface area contributed by atoms with Crippen LogP contribution in [0.2, 0.25) is 0 Å². The van der Waals surface area contributed by atoms with Crippen molar-refractivity contribution in [1.82, 2.24) is 0 Å². The summed E-state index contributed by atoms with van der Waals surface area (Å²) in [5.41, 5.74) is 8.75. The molecule has 3 heteroatoms. The molecule has 2 saturated carbocycles. The summed E-state index contributed by atoms with van der Waals surface area (Å²) >= 11 is 1.17. The normalized spacial score (nSPS) is 26.6. The molecule has 4 aliphatic rings. The van der Waals surface area contributed by atoms with Gasteiger partial charge in [-0.3, -0.25) is 0 Å². The van der Waals surface area contributed by atoms with E-state index in [0.717, 1.165) is 29.6 Å². The predicted octanol–water partition coefficient (Wildman–Crippen LogP) is 3.91. The number of hydrogen-bond acceptors (Lipinski definition) is 0. The van der Waals surface area contributed by atoms with Crippen LogP contribution in [-0.4, -0.2) is 3.26 Å². The van der Waals surface area contributed by atoms with E-state index >= 15 is 0 Å². The Kier molecular flexibility index (Phi) is 12.5. The molecule has 218 valence electrons. The van der Waals surface area contributed by atoms with E-state index in [1.54, 1.807) is 17.0 Å². The van der Waals surface area contributed by atoms with Gasteiger partial charge in [-0.25, -0.2) is 29.2 Å². The molecule has 0 amide bonds. The maximum atomic E-state index is 2.51. The van der Waals surface area contributed by atoms with Gasteiger partial charge in [0.05, 0.1) is 0 Å². The van der Waals surface area contributed by atoms with Gasteiger partial charge in [-0.05, 0) is 30.6 Å². The molecule has 0 heterocycles. The van der Waals surface area contributed by atoms with E-state index in [4.69, 9.17) is 0 Å². The Bertz CT molecular complexity index is 1260. The van der Waals surface area contributed by atoms with Crippen molar-refractivity contribution in [3.05, 3.63) is 119 Å². The van der Waals surface area contributed by atoms with Crippen LogP contribution in [-0.2, 0) is 30.3 Å². The fourth-order valence-electron chi connectivity index (χ4n) is 8.02. The molecule has 5 atom stereocenters. The zero-order chi connectivity index (χ0) is 27.6. The molecule has 0 aromatic heterocycles. The average Bonchev–Trinajstić information content (AvgIpc) is 3.65. The Balaban J connectivity index is 0.000000240. The van der Waals surface area contributed by atoms with Crippen molar-refractivity contribution in [3.8, 4) is 0 Å². The van der Waals surface area contributed by atoms with Crippen molar-refractivity contribution in [2.45, 2.75) is 79.1 Å². The smallest absolute Gasteiger partial charge is 0.172 e. The third-order valence-electron chi connectivity index (χ3n) is 10.7. The van der Waals surface area contributed by atoms with Crippen LogP contribution in [0, 0.1) is 35.0 Å². The molecular weight excluding hydrogens is 706 g/mol. The molecule has 3 aromatic rings.